The summed E-state index contributed by atoms with van der Waals surface area (Å²) in [4.78, 5) is 11.5. The molecule has 0 fully saturated rings. The Balaban J connectivity index is 1.91. The van der Waals surface area contributed by atoms with Crippen LogP contribution in [-0.2, 0) is 0 Å². The Morgan fingerprint density at radius 1 is 1.12 bits per heavy atom. The standard InChI is InChI=1S/C16H10FN3O4/c17-10-2-4-11(5-3-10)20-15(14(16(21)22)18-19-20)9-1-6-12-13(7-9)24-8-23-12/h1-7H,8H2,(H,21,22). The first-order chi connectivity index (χ1) is 11.6. The van der Waals surface area contributed by atoms with Gasteiger partial charge in [-0.3, -0.25) is 0 Å². The van der Waals surface area contributed by atoms with E-state index in [1.54, 1.807) is 18.2 Å². The van der Waals surface area contributed by atoms with E-state index >= 15 is 0 Å². The van der Waals surface area contributed by atoms with Gasteiger partial charge in [-0.2, -0.15) is 0 Å². The highest BCUT2D eigenvalue weighted by atomic mass is 19.1. The molecule has 1 aliphatic heterocycles. The van der Waals surface area contributed by atoms with E-state index in [9.17, 15) is 14.3 Å². The Morgan fingerprint density at radius 3 is 2.62 bits per heavy atom. The molecule has 1 aliphatic rings. The van der Waals surface area contributed by atoms with Crippen molar-refractivity contribution in [2.24, 2.45) is 0 Å². The molecule has 0 unspecified atom stereocenters. The zero-order chi connectivity index (χ0) is 16.7. The smallest absolute Gasteiger partial charge is 0.358 e. The summed E-state index contributed by atoms with van der Waals surface area (Å²) in [5.74, 6) is -0.523. The molecule has 3 aromatic rings. The molecule has 0 saturated heterocycles. The number of carbonyl (C=O) groups is 1. The summed E-state index contributed by atoms with van der Waals surface area (Å²) >= 11 is 0. The van der Waals surface area contributed by atoms with Gasteiger partial charge in [0.05, 0.1) is 5.69 Å². The maximum Gasteiger partial charge on any atom is 0.358 e. The molecule has 120 valence electrons. The fourth-order valence-electron chi connectivity index (χ4n) is 2.49. The van der Waals surface area contributed by atoms with Crippen LogP contribution in [0.5, 0.6) is 11.5 Å². The number of aromatic carboxylic acids is 1. The molecule has 0 spiro atoms. The van der Waals surface area contributed by atoms with Crippen LogP contribution in [0.3, 0.4) is 0 Å². The van der Waals surface area contributed by atoms with Gasteiger partial charge in [0.2, 0.25) is 6.79 Å². The van der Waals surface area contributed by atoms with Crippen molar-refractivity contribution in [2.45, 2.75) is 0 Å². The van der Waals surface area contributed by atoms with Crippen molar-refractivity contribution in [2.75, 3.05) is 6.79 Å². The van der Waals surface area contributed by atoms with Crippen molar-refractivity contribution in [3.63, 3.8) is 0 Å². The lowest BCUT2D eigenvalue weighted by Gasteiger charge is -2.08. The normalized spacial score (nSPS) is 12.4. The van der Waals surface area contributed by atoms with E-state index in [2.05, 4.69) is 10.3 Å². The van der Waals surface area contributed by atoms with Gasteiger partial charge >= 0.3 is 5.97 Å². The molecule has 2 heterocycles. The summed E-state index contributed by atoms with van der Waals surface area (Å²) in [6.45, 7) is 0.111. The minimum absolute atomic E-state index is 0.111. The largest absolute Gasteiger partial charge is 0.476 e. The highest BCUT2D eigenvalue weighted by molar-refractivity contribution is 5.93. The fraction of sp³-hybridized carbons (Fsp3) is 0.0625. The van der Waals surface area contributed by atoms with Crippen LogP contribution >= 0.6 is 0 Å². The van der Waals surface area contributed by atoms with Gasteiger partial charge in [-0.15, -0.1) is 5.10 Å². The summed E-state index contributed by atoms with van der Waals surface area (Å²) in [5, 5.41) is 17.0. The fourth-order valence-corrected chi connectivity index (χ4v) is 2.49. The van der Waals surface area contributed by atoms with Crippen molar-refractivity contribution in [3.8, 4) is 28.4 Å². The average Bonchev–Trinajstić information content (AvgIpc) is 3.21. The lowest BCUT2D eigenvalue weighted by molar-refractivity contribution is 0.0691. The van der Waals surface area contributed by atoms with Crippen LogP contribution in [0.2, 0.25) is 0 Å². The minimum Gasteiger partial charge on any atom is -0.476 e. The second-order valence-corrected chi connectivity index (χ2v) is 5.05. The van der Waals surface area contributed by atoms with Crippen molar-refractivity contribution < 1.29 is 23.8 Å². The van der Waals surface area contributed by atoms with E-state index in [1.165, 1.54) is 28.9 Å². The average molecular weight is 327 g/mol. The van der Waals surface area contributed by atoms with E-state index in [1.807, 2.05) is 0 Å². The van der Waals surface area contributed by atoms with Crippen molar-refractivity contribution in [3.05, 3.63) is 54.0 Å². The molecule has 0 bridgehead atoms. The third kappa shape index (κ3) is 2.24. The minimum atomic E-state index is -1.21. The van der Waals surface area contributed by atoms with Crippen LogP contribution < -0.4 is 9.47 Å². The Kier molecular flexibility index (Phi) is 3.16. The monoisotopic (exact) mass is 327 g/mol. The van der Waals surface area contributed by atoms with E-state index < -0.39 is 11.8 Å². The lowest BCUT2D eigenvalue weighted by atomic mass is 10.1. The number of rotatable bonds is 3. The van der Waals surface area contributed by atoms with Gasteiger partial charge < -0.3 is 14.6 Å². The molecule has 4 rings (SSSR count). The molecule has 2 aromatic carbocycles. The predicted molar refractivity (Wildman–Crippen MR) is 79.8 cm³/mol. The molecule has 1 N–H and O–H groups in total. The topological polar surface area (TPSA) is 86.5 Å². The molecule has 0 atom stereocenters. The summed E-state index contributed by atoms with van der Waals surface area (Å²) in [6, 6.07) is 10.6. The Hall–Kier alpha value is -3.42. The van der Waals surface area contributed by atoms with Crippen LogP contribution in [0.25, 0.3) is 16.9 Å². The van der Waals surface area contributed by atoms with Gasteiger partial charge in [-0.05, 0) is 42.5 Å². The van der Waals surface area contributed by atoms with E-state index in [0.717, 1.165) is 0 Å². The molecule has 8 heteroatoms. The zero-order valence-electron chi connectivity index (χ0n) is 12.1. The van der Waals surface area contributed by atoms with Gasteiger partial charge in [-0.1, -0.05) is 5.21 Å². The van der Waals surface area contributed by atoms with Crippen molar-refractivity contribution >= 4 is 5.97 Å². The number of fused-ring (bicyclic) bond motifs is 1. The van der Waals surface area contributed by atoms with E-state index in [0.29, 0.717) is 22.7 Å². The summed E-state index contributed by atoms with van der Waals surface area (Å²) in [5.41, 5.74) is 1.10. The number of hydrogen-bond donors (Lipinski definition) is 1. The summed E-state index contributed by atoms with van der Waals surface area (Å²) in [6.07, 6.45) is 0. The zero-order valence-corrected chi connectivity index (χ0v) is 12.1. The second-order valence-electron chi connectivity index (χ2n) is 5.05. The maximum absolute atomic E-state index is 13.1. The van der Waals surface area contributed by atoms with Crippen LogP contribution in [0, 0.1) is 5.82 Å². The first-order valence-electron chi connectivity index (χ1n) is 6.98. The number of carboxylic acid groups (broad SMARTS) is 1. The van der Waals surface area contributed by atoms with Crippen LogP contribution in [0.4, 0.5) is 4.39 Å². The molecule has 0 aliphatic carbocycles. The number of hydrogen-bond acceptors (Lipinski definition) is 5. The number of nitrogens with zero attached hydrogens (tertiary/aromatic N) is 3. The highest BCUT2D eigenvalue weighted by Crippen LogP contribution is 2.37. The Morgan fingerprint density at radius 2 is 1.88 bits per heavy atom. The molecule has 0 amide bonds. The van der Waals surface area contributed by atoms with Gasteiger partial charge in [0, 0.05) is 5.56 Å². The molecular weight excluding hydrogens is 317 g/mol. The van der Waals surface area contributed by atoms with Gasteiger partial charge in [0.1, 0.15) is 11.5 Å². The number of halogens is 1. The van der Waals surface area contributed by atoms with Crippen LogP contribution in [0.1, 0.15) is 10.5 Å². The lowest BCUT2D eigenvalue weighted by Crippen LogP contribution is -2.03. The van der Waals surface area contributed by atoms with E-state index in [-0.39, 0.29) is 18.2 Å². The maximum atomic E-state index is 13.1. The third-order valence-electron chi connectivity index (χ3n) is 3.59. The Labute approximate surface area is 134 Å². The SMILES string of the molecule is O=C(O)c1nnn(-c2ccc(F)cc2)c1-c1ccc2c(c1)OCO2. The first kappa shape index (κ1) is 14.2. The Bertz CT molecular complexity index is 937. The molecule has 1 aromatic heterocycles. The van der Waals surface area contributed by atoms with Gasteiger partial charge in [0.25, 0.3) is 0 Å². The quantitative estimate of drug-likeness (QED) is 0.795. The van der Waals surface area contributed by atoms with Gasteiger partial charge in [0.15, 0.2) is 17.2 Å². The number of benzene rings is 2. The molecule has 0 radical (unpaired) electrons. The van der Waals surface area contributed by atoms with E-state index in [4.69, 9.17) is 9.47 Å². The second kappa shape index (κ2) is 5.34. The number of ether oxygens (including phenoxy) is 2. The number of carboxylic acids is 1. The predicted octanol–water partition coefficient (Wildman–Crippen LogP) is 2.50. The summed E-state index contributed by atoms with van der Waals surface area (Å²) < 4.78 is 25.1. The van der Waals surface area contributed by atoms with Crippen molar-refractivity contribution in [1.82, 2.24) is 15.0 Å². The highest BCUT2D eigenvalue weighted by Gasteiger charge is 2.24. The van der Waals surface area contributed by atoms with Crippen LogP contribution in [0.15, 0.2) is 42.5 Å². The van der Waals surface area contributed by atoms with Gasteiger partial charge in [-0.25, -0.2) is 13.9 Å². The van der Waals surface area contributed by atoms with Crippen LogP contribution in [-0.4, -0.2) is 32.9 Å². The molecular formula is C16H10FN3O4. The first-order valence-corrected chi connectivity index (χ1v) is 6.98. The summed E-state index contributed by atoms with van der Waals surface area (Å²) in [7, 11) is 0. The molecule has 0 saturated carbocycles. The molecule has 24 heavy (non-hydrogen) atoms. The van der Waals surface area contributed by atoms with Crippen molar-refractivity contribution in [1.29, 1.82) is 0 Å². The molecule has 7 nitrogen and oxygen atoms in total. The third-order valence-corrected chi connectivity index (χ3v) is 3.59. The number of aromatic nitrogens is 3.